The second kappa shape index (κ2) is 7.65. The fourth-order valence-electron chi connectivity index (χ4n) is 5.11. The number of benzene rings is 2. The maximum Gasteiger partial charge on any atom is 0.268 e. The predicted molar refractivity (Wildman–Crippen MR) is 127 cm³/mol. The molecule has 7 nitrogen and oxygen atoms in total. The van der Waals surface area contributed by atoms with Gasteiger partial charge in [-0.15, -0.1) is 0 Å². The summed E-state index contributed by atoms with van der Waals surface area (Å²) in [6, 6.07) is 10.7. The minimum atomic E-state index is -0.799. The molecule has 174 valence electrons. The molecule has 1 amide bonds. The van der Waals surface area contributed by atoms with E-state index in [0.29, 0.717) is 5.95 Å². The molecule has 1 saturated carbocycles. The first-order chi connectivity index (χ1) is 16.4. The Labute approximate surface area is 201 Å². The maximum atomic E-state index is 14.5. The standard InChI is InChI=1S/C25H23ClFN5O2/c1-14-32(21-19(26)4-3-5-20(21)27)23(33)17-13-28-24(30-22(17)34-14)29-16-6-7-18-15(12-16)8-11-31(2)25(18)9-10-25/h3-7,12-14H,8-11H2,1-2H3,(H,28,29,30). The summed E-state index contributed by atoms with van der Waals surface area (Å²) in [7, 11) is 2.20. The van der Waals surface area contributed by atoms with Gasteiger partial charge in [-0.1, -0.05) is 23.7 Å². The van der Waals surface area contributed by atoms with Crippen molar-refractivity contribution in [2.45, 2.75) is 38.0 Å². The fraction of sp³-hybridized carbons (Fsp3) is 0.320. The van der Waals surface area contributed by atoms with E-state index in [1.807, 2.05) is 6.07 Å². The first-order valence-corrected chi connectivity index (χ1v) is 11.7. The minimum Gasteiger partial charge on any atom is -0.453 e. The Morgan fingerprint density at radius 1 is 1.26 bits per heavy atom. The number of amides is 1. The molecule has 3 aromatic rings. The zero-order chi connectivity index (χ0) is 23.6. The van der Waals surface area contributed by atoms with E-state index >= 15 is 0 Å². The maximum absolute atomic E-state index is 14.5. The van der Waals surface area contributed by atoms with Gasteiger partial charge in [-0.3, -0.25) is 14.6 Å². The zero-order valence-electron chi connectivity index (χ0n) is 18.8. The first kappa shape index (κ1) is 21.3. The molecular formula is C25H23ClFN5O2. The molecule has 6 rings (SSSR count). The lowest BCUT2D eigenvalue weighted by atomic mass is 9.90. The number of nitrogens with one attached hydrogen (secondary N) is 1. The number of likely N-dealkylation sites (N-methyl/N-ethyl adjacent to an activating group) is 1. The number of anilines is 3. The molecule has 1 unspecified atom stereocenters. The quantitative estimate of drug-likeness (QED) is 0.577. The van der Waals surface area contributed by atoms with Crippen LogP contribution in [0.25, 0.3) is 0 Å². The van der Waals surface area contributed by atoms with Crippen LogP contribution in [0.3, 0.4) is 0 Å². The molecule has 1 N–H and O–H groups in total. The molecule has 3 aliphatic rings. The molecule has 2 aromatic carbocycles. The van der Waals surface area contributed by atoms with Crippen LogP contribution >= 0.6 is 11.6 Å². The fourth-order valence-corrected chi connectivity index (χ4v) is 5.37. The van der Waals surface area contributed by atoms with E-state index in [4.69, 9.17) is 16.3 Å². The third-order valence-corrected chi connectivity index (χ3v) is 7.37. The summed E-state index contributed by atoms with van der Waals surface area (Å²) >= 11 is 6.18. The van der Waals surface area contributed by atoms with Crippen molar-refractivity contribution in [2.75, 3.05) is 23.8 Å². The lowest BCUT2D eigenvalue weighted by molar-refractivity contribution is 0.0865. The second-order valence-corrected chi connectivity index (χ2v) is 9.48. The van der Waals surface area contributed by atoms with Gasteiger partial charge in [0.25, 0.3) is 5.91 Å². The molecule has 1 spiro atoms. The average molecular weight is 480 g/mol. The SMILES string of the molecule is CC1Oc2nc(Nc3ccc4c(c3)CCN(C)C43CC3)ncc2C(=O)N1c1c(F)cccc1Cl. The summed E-state index contributed by atoms with van der Waals surface area (Å²) in [6.07, 6.45) is 4.00. The molecule has 0 bridgehead atoms. The number of hydrogen-bond acceptors (Lipinski definition) is 6. The van der Waals surface area contributed by atoms with Gasteiger partial charge in [0.2, 0.25) is 11.8 Å². The lowest BCUT2D eigenvalue weighted by Gasteiger charge is -2.35. The van der Waals surface area contributed by atoms with Gasteiger partial charge < -0.3 is 10.1 Å². The number of aromatic nitrogens is 2. The predicted octanol–water partition coefficient (Wildman–Crippen LogP) is 4.87. The van der Waals surface area contributed by atoms with Crippen LogP contribution in [0.15, 0.2) is 42.6 Å². The van der Waals surface area contributed by atoms with Gasteiger partial charge in [0.15, 0.2) is 6.23 Å². The number of rotatable bonds is 3. The van der Waals surface area contributed by atoms with Crippen molar-refractivity contribution in [1.29, 1.82) is 0 Å². The smallest absolute Gasteiger partial charge is 0.268 e. The Balaban J connectivity index is 1.27. The number of halogens is 2. The Hall–Kier alpha value is -3.23. The van der Waals surface area contributed by atoms with Gasteiger partial charge in [0.1, 0.15) is 17.1 Å². The Bertz CT molecular complexity index is 1310. The van der Waals surface area contributed by atoms with Crippen LogP contribution in [0.1, 0.15) is 41.3 Å². The van der Waals surface area contributed by atoms with E-state index in [-0.39, 0.29) is 27.7 Å². The summed E-state index contributed by atoms with van der Waals surface area (Å²) in [5.41, 5.74) is 3.97. The molecule has 0 radical (unpaired) electrons. The van der Waals surface area contributed by atoms with Gasteiger partial charge in [-0.05, 0) is 68.6 Å². The third-order valence-electron chi connectivity index (χ3n) is 7.06. The van der Waals surface area contributed by atoms with Crippen LogP contribution < -0.4 is 15.0 Å². The Morgan fingerprint density at radius 2 is 2.09 bits per heavy atom. The molecule has 2 aliphatic heterocycles. The van der Waals surface area contributed by atoms with Crippen LogP contribution in [0.4, 0.5) is 21.7 Å². The molecule has 34 heavy (non-hydrogen) atoms. The summed E-state index contributed by atoms with van der Waals surface area (Å²) in [6.45, 7) is 2.69. The lowest BCUT2D eigenvalue weighted by Crippen LogP contribution is -2.47. The minimum absolute atomic E-state index is 0.0253. The van der Waals surface area contributed by atoms with E-state index in [1.54, 1.807) is 6.92 Å². The first-order valence-electron chi connectivity index (χ1n) is 11.3. The molecule has 1 fully saturated rings. The van der Waals surface area contributed by atoms with E-state index < -0.39 is 18.0 Å². The molecular weight excluding hydrogens is 457 g/mol. The number of ether oxygens (including phenoxy) is 1. The molecule has 3 heterocycles. The monoisotopic (exact) mass is 479 g/mol. The van der Waals surface area contributed by atoms with Gasteiger partial charge in [-0.25, -0.2) is 9.37 Å². The largest absolute Gasteiger partial charge is 0.453 e. The van der Waals surface area contributed by atoms with E-state index in [1.165, 1.54) is 53.3 Å². The second-order valence-electron chi connectivity index (χ2n) is 9.08. The van der Waals surface area contributed by atoms with Crippen molar-refractivity contribution in [3.8, 4) is 5.88 Å². The average Bonchev–Trinajstić information content (AvgIpc) is 3.60. The Morgan fingerprint density at radius 3 is 2.85 bits per heavy atom. The molecule has 1 atom stereocenters. The van der Waals surface area contributed by atoms with Crippen molar-refractivity contribution < 1.29 is 13.9 Å². The summed E-state index contributed by atoms with van der Waals surface area (Å²) in [5, 5.41) is 3.36. The number of hydrogen-bond donors (Lipinski definition) is 1. The summed E-state index contributed by atoms with van der Waals surface area (Å²) in [5.74, 6) is -0.606. The number of fused-ring (bicyclic) bond motifs is 3. The highest BCUT2D eigenvalue weighted by Gasteiger charge is 2.50. The summed E-state index contributed by atoms with van der Waals surface area (Å²) in [4.78, 5) is 25.6. The van der Waals surface area contributed by atoms with Crippen molar-refractivity contribution in [1.82, 2.24) is 14.9 Å². The van der Waals surface area contributed by atoms with Crippen molar-refractivity contribution in [3.05, 3.63) is 70.1 Å². The summed E-state index contributed by atoms with van der Waals surface area (Å²) < 4.78 is 20.4. The number of carbonyl (C=O) groups is 1. The normalized spacial score (nSPS) is 20.5. The van der Waals surface area contributed by atoms with Gasteiger partial charge >= 0.3 is 0 Å². The van der Waals surface area contributed by atoms with Crippen LogP contribution in [0.5, 0.6) is 5.88 Å². The topological polar surface area (TPSA) is 70.6 Å². The number of carbonyl (C=O) groups excluding carboxylic acids is 1. The van der Waals surface area contributed by atoms with E-state index in [9.17, 15) is 9.18 Å². The van der Waals surface area contributed by atoms with Crippen LogP contribution in [0.2, 0.25) is 5.02 Å². The molecule has 1 aliphatic carbocycles. The van der Waals surface area contributed by atoms with Crippen LogP contribution in [0, 0.1) is 5.82 Å². The van der Waals surface area contributed by atoms with Crippen LogP contribution in [-0.2, 0) is 12.0 Å². The highest BCUT2D eigenvalue weighted by molar-refractivity contribution is 6.34. The number of nitrogens with zero attached hydrogens (tertiary/aromatic N) is 4. The van der Waals surface area contributed by atoms with Gasteiger partial charge in [0.05, 0.1) is 5.02 Å². The van der Waals surface area contributed by atoms with Gasteiger partial charge in [-0.2, -0.15) is 4.98 Å². The molecule has 1 aromatic heterocycles. The highest BCUT2D eigenvalue weighted by Crippen LogP contribution is 2.53. The van der Waals surface area contributed by atoms with Gasteiger partial charge in [0, 0.05) is 24.0 Å². The van der Waals surface area contributed by atoms with Crippen molar-refractivity contribution in [3.63, 3.8) is 0 Å². The van der Waals surface area contributed by atoms with E-state index in [0.717, 1.165) is 18.7 Å². The molecule has 9 heteroatoms. The highest BCUT2D eigenvalue weighted by atomic mass is 35.5. The van der Waals surface area contributed by atoms with Crippen LogP contribution in [-0.4, -0.2) is 40.6 Å². The zero-order valence-corrected chi connectivity index (χ0v) is 19.6. The Kier molecular flexibility index (Phi) is 4.79. The van der Waals surface area contributed by atoms with E-state index in [2.05, 4.69) is 39.4 Å². The molecule has 0 saturated heterocycles. The van der Waals surface area contributed by atoms with Crippen molar-refractivity contribution >= 4 is 34.8 Å². The number of para-hydroxylation sites is 1. The third kappa shape index (κ3) is 3.24. The van der Waals surface area contributed by atoms with Crippen molar-refractivity contribution in [2.24, 2.45) is 0 Å².